The summed E-state index contributed by atoms with van der Waals surface area (Å²) in [5.74, 6) is -13.5. The van der Waals surface area contributed by atoms with E-state index in [1.807, 2.05) is 41.5 Å². The molecule has 1 fully saturated rings. The minimum atomic E-state index is -3.74. The molecule has 15 N–H and O–H groups in total. The van der Waals surface area contributed by atoms with Gasteiger partial charge in [0.25, 0.3) is 14.3 Å². The van der Waals surface area contributed by atoms with Gasteiger partial charge >= 0.3 is 53.8 Å². The summed E-state index contributed by atoms with van der Waals surface area (Å²) < 4.78 is 17.1. The Hall–Kier alpha value is -8.41. The van der Waals surface area contributed by atoms with Gasteiger partial charge in [0.1, 0.15) is 30.2 Å². The number of benzene rings is 1. The number of urea groups is 1. The maximum Gasteiger partial charge on any atom is 0.326 e. The molecule has 0 aromatic heterocycles. The lowest BCUT2D eigenvalue weighted by Gasteiger charge is -2.44. The highest BCUT2D eigenvalue weighted by Gasteiger charge is 2.56. The lowest BCUT2D eigenvalue weighted by atomic mass is 10.1. The number of unbranched alkanes of at least 4 members (excludes halogenated alkanes) is 5. The number of nitrogens with one attached hydrogen (secondary N) is 7. The van der Waals surface area contributed by atoms with E-state index in [4.69, 9.17) is 5.11 Å². The van der Waals surface area contributed by atoms with Crippen LogP contribution in [-0.2, 0) is 57.5 Å². The minimum absolute atomic E-state index is 0.0218. The number of amides is 7. The fourth-order valence-corrected chi connectivity index (χ4v) is 16.2. The second kappa shape index (κ2) is 43.9. The molecule has 1 aliphatic rings. The van der Waals surface area contributed by atoms with Gasteiger partial charge in [-0.1, -0.05) is 66.5 Å². The van der Waals surface area contributed by atoms with E-state index >= 15 is 4.11 Å². The van der Waals surface area contributed by atoms with Crippen molar-refractivity contribution in [3.8, 4) is 0 Å². The summed E-state index contributed by atoms with van der Waals surface area (Å²) in [6.45, 7) is 9.36. The number of hydrogen-bond donors (Lipinski definition) is 15. The molecule has 1 aromatic rings. The molecule has 1 aliphatic heterocycles. The number of carbonyl (C=O) groups is 14. The van der Waals surface area contributed by atoms with Crippen molar-refractivity contribution in [3.63, 3.8) is 0 Å². The monoisotopic (exact) mass is 1430 g/mol. The Morgan fingerprint density at radius 3 is 1.21 bits per heavy atom. The van der Waals surface area contributed by atoms with E-state index in [0.717, 1.165) is 0 Å². The molecule has 5 atom stereocenters. The summed E-state index contributed by atoms with van der Waals surface area (Å²) in [7, 11) is -3.74. The molecule has 0 bridgehead atoms. The number of aliphatic carboxylic acids is 8. The Bertz CT molecular complexity index is 2830. The topological polar surface area (TPSA) is 498 Å². The minimum Gasteiger partial charge on any atom is -0.481 e. The normalized spacial score (nSPS) is 15.5. The maximum absolute atomic E-state index is 17.1. The van der Waals surface area contributed by atoms with Crippen LogP contribution in [0, 0.1) is 0 Å². The summed E-state index contributed by atoms with van der Waals surface area (Å²) in [5.41, 5.74) is 0.0724. The van der Waals surface area contributed by atoms with Crippen molar-refractivity contribution in [1.29, 1.82) is 0 Å². The van der Waals surface area contributed by atoms with Crippen LogP contribution in [0.3, 0.4) is 0 Å². The van der Waals surface area contributed by atoms with Gasteiger partial charge < -0.3 is 82.2 Å². The SMILES string of the molecule is CC(C)(C)[Si](F)(c1ccc(C(=O)NC[C@@H](NC(=O)CC[C@H](C(=O)O)N2CCN(CC(=O)O)CCN(CC(=O)O)CCN(CC(=O)O)CC2)C(=O)N[C@H](CCCCNC(=O)CCCCCCC(=O)NCCCC[C@H](NC(=O)N[C@@H](CCCC(=O)O)C(=O)O)C(=O)O)C(=O)O)cc1)C(C)(C)C. The Labute approximate surface area is 576 Å². The van der Waals surface area contributed by atoms with Crippen LogP contribution < -0.4 is 42.4 Å². The molecule has 2 rings (SSSR count). The van der Waals surface area contributed by atoms with E-state index in [-0.39, 0.29) is 147 Å². The van der Waals surface area contributed by atoms with Gasteiger partial charge in [-0.3, -0.25) is 67.5 Å². The van der Waals surface area contributed by atoms with Crippen LogP contribution in [0.15, 0.2) is 24.3 Å². The summed E-state index contributed by atoms with van der Waals surface area (Å²) in [6.07, 6.45) is 2.12. The molecular formula is C64H104FN11O22Si. The highest BCUT2D eigenvalue weighted by atomic mass is 28.4. The first-order chi connectivity index (χ1) is 46.3. The zero-order valence-electron chi connectivity index (χ0n) is 57.6. The van der Waals surface area contributed by atoms with Crippen LogP contribution in [0.4, 0.5) is 8.90 Å². The average Bonchev–Trinajstić information content (AvgIpc) is 0.749. The van der Waals surface area contributed by atoms with Crippen molar-refractivity contribution in [2.24, 2.45) is 0 Å². The van der Waals surface area contributed by atoms with E-state index in [1.54, 1.807) is 0 Å². The molecule has 0 unspecified atom stereocenters. The van der Waals surface area contributed by atoms with Crippen LogP contribution in [0.1, 0.15) is 161 Å². The lowest BCUT2D eigenvalue weighted by Crippen LogP contribution is -2.58. The van der Waals surface area contributed by atoms with E-state index < -0.39 is 159 Å². The molecule has 0 radical (unpaired) electrons. The third kappa shape index (κ3) is 33.8. The van der Waals surface area contributed by atoms with Gasteiger partial charge in [-0.15, -0.1) is 0 Å². The van der Waals surface area contributed by atoms with Crippen molar-refractivity contribution < 1.29 is 112 Å². The summed E-state index contributed by atoms with van der Waals surface area (Å²) in [4.78, 5) is 180. The van der Waals surface area contributed by atoms with Gasteiger partial charge in [0.2, 0.25) is 23.6 Å². The molecule has 35 heteroatoms. The second-order valence-corrected chi connectivity index (χ2v) is 31.6. The van der Waals surface area contributed by atoms with Crippen molar-refractivity contribution in [3.05, 3.63) is 29.8 Å². The first kappa shape index (κ1) is 86.7. The van der Waals surface area contributed by atoms with Gasteiger partial charge in [-0.2, -0.15) is 0 Å². The number of nitrogens with zero attached hydrogens (tertiary/aromatic N) is 4. The molecule has 1 aromatic carbocycles. The molecular weight excluding hydrogens is 1320 g/mol. The van der Waals surface area contributed by atoms with E-state index in [1.165, 1.54) is 43.9 Å². The zero-order valence-corrected chi connectivity index (χ0v) is 58.6. The average molecular weight is 1430 g/mol. The predicted molar refractivity (Wildman–Crippen MR) is 358 cm³/mol. The summed E-state index contributed by atoms with van der Waals surface area (Å²) in [5, 5.41) is 93.6. The second-order valence-electron chi connectivity index (χ2n) is 26.7. The molecule has 0 saturated carbocycles. The van der Waals surface area contributed by atoms with Crippen LogP contribution in [-0.4, -0.2) is 274 Å². The smallest absolute Gasteiger partial charge is 0.326 e. The number of carboxylic acid groups (broad SMARTS) is 8. The fraction of sp³-hybridized carbons (Fsp3) is 0.688. The maximum atomic E-state index is 17.1. The molecule has 1 heterocycles. The standard InChI is InChI=1S/C64H104FN11O22Si/c1-63(2,3)99(65,64(4,5)6)43-24-22-42(23-25-43)56(88)68-38-47(69-51(79)27-26-48(61(96)97)76-36-34-74(40-54(84)85)32-30-73(39-53(82)83)31-33-75(35-37-76)41-55(86)87)57(89)70-44(58(90)91)16-11-13-28-66-49(77)19-9-7-8-10-20-50(78)67-29-14-12-17-45(59(92)93)71-62(98)72-46(60(94)95)18-15-21-52(80)81/h22-25,44-48H,7-21,26-41H2,1-6H3,(H,66,77)(H,67,78)(H,68,88)(H,69,79)(H,70,89)(H,80,81)(H,82,83)(H,84,85)(H,86,87)(H,90,91)(H,92,93)(H,94,95)(H,96,97)(H2,71,72,98)/t44-,45+,46+,47-,48-/m1/s1. The van der Waals surface area contributed by atoms with Gasteiger partial charge in [0.15, 0.2) is 0 Å². The van der Waals surface area contributed by atoms with Gasteiger partial charge in [0.05, 0.1) is 19.6 Å². The molecule has 33 nitrogen and oxygen atoms in total. The Morgan fingerprint density at radius 1 is 0.424 bits per heavy atom. The van der Waals surface area contributed by atoms with Crippen molar-refractivity contribution in [2.75, 3.05) is 91.6 Å². The van der Waals surface area contributed by atoms with Crippen molar-refractivity contribution in [1.82, 2.24) is 56.8 Å². The predicted octanol–water partition coefficient (Wildman–Crippen LogP) is 1.28. The first-order valence-corrected chi connectivity index (χ1v) is 35.2. The molecule has 99 heavy (non-hydrogen) atoms. The van der Waals surface area contributed by atoms with E-state index in [9.17, 15) is 103 Å². The molecule has 7 amide bonds. The quantitative estimate of drug-likeness (QED) is 0.0248. The van der Waals surface area contributed by atoms with Crippen molar-refractivity contribution >= 4 is 96.9 Å². The van der Waals surface area contributed by atoms with Gasteiger partial charge in [-0.05, 0) is 98.0 Å². The number of hydrogen-bond acceptors (Lipinski definition) is 18. The molecule has 0 spiro atoms. The van der Waals surface area contributed by atoms with Crippen molar-refractivity contribution in [2.45, 2.75) is 191 Å². The summed E-state index contributed by atoms with van der Waals surface area (Å²) >= 11 is 0. The third-order valence-electron chi connectivity index (χ3n) is 16.8. The van der Waals surface area contributed by atoms with Crippen LogP contribution in [0.5, 0.6) is 0 Å². The number of carbonyl (C=O) groups excluding carboxylic acids is 6. The zero-order chi connectivity index (χ0) is 74.6. The fourth-order valence-electron chi connectivity index (χ4n) is 11.6. The van der Waals surface area contributed by atoms with Crippen LogP contribution in [0.25, 0.3) is 0 Å². The highest BCUT2D eigenvalue weighted by Crippen LogP contribution is 2.51. The Morgan fingerprint density at radius 2 is 0.828 bits per heavy atom. The van der Waals surface area contributed by atoms with Crippen LogP contribution in [0.2, 0.25) is 10.1 Å². The first-order valence-electron chi connectivity index (χ1n) is 33.3. The number of carboxylic acids is 8. The number of rotatable bonds is 44. The molecule has 558 valence electrons. The van der Waals surface area contributed by atoms with Crippen LogP contribution >= 0.6 is 0 Å². The van der Waals surface area contributed by atoms with Gasteiger partial charge in [0, 0.05) is 103 Å². The largest absolute Gasteiger partial charge is 0.481 e. The summed E-state index contributed by atoms with van der Waals surface area (Å²) in [6, 6.07) is -2.49. The Kier molecular flexibility index (Phi) is 38.4. The van der Waals surface area contributed by atoms with E-state index in [0.29, 0.717) is 37.3 Å². The third-order valence-corrected chi connectivity index (χ3v) is 22.1. The van der Waals surface area contributed by atoms with Gasteiger partial charge in [-0.25, -0.2) is 19.2 Å². The van der Waals surface area contributed by atoms with E-state index in [2.05, 4.69) is 37.2 Å². The Balaban J connectivity index is 2.08. The molecule has 0 aliphatic carbocycles. The highest BCUT2D eigenvalue weighted by molar-refractivity contribution is 6.90. The lowest BCUT2D eigenvalue weighted by molar-refractivity contribution is -0.145. The molecule has 1 saturated heterocycles. The number of halogens is 1.